The molecule has 2 fully saturated rings. The number of hydrogen-bond acceptors (Lipinski definition) is 9. The summed E-state index contributed by atoms with van der Waals surface area (Å²) in [5.74, 6) is -2.09. The van der Waals surface area contributed by atoms with Gasteiger partial charge < -0.3 is 23.2 Å². The van der Waals surface area contributed by atoms with Gasteiger partial charge in [-0.2, -0.15) is 4.98 Å². The summed E-state index contributed by atoms with van der Waals surface area (Å²) in [5.41, 5.74) is 0.625. The molecule has 12 nitrogen and oxygen atoms in total. The van der Waals surface area contributed by atoms with Gasteiger partial charge in [-0.25, -0.2) is 9.88 Å². The molecule has 5 rings (SSSR count). The van der Waals surface area contributed by atoms with E-state index in [2.05, 4.69) is 48.8 Å². The molecule has 2 aromatic heterocycles. The van der Waals surface area contributed by atoms with Crippen LogP contribution in [-0.4, -0.2) is 71.2 Å². The zero-order valence-electron chi connectivity index (χ0n) is 27.6. The van der Waals surface area contributed by atoms with E-state index in [9.17, 15) is 14.4 Å². The van der Waals surface area contributed by atoms with Crippen LogP contribution in [0.4, 0.5) is 5.95 Å². The number of nitrogens with zero attached hydrogens (tertiary/aromatic N) is 4. The maximum Gasteiger partial charge on any atom is 0.280 e. The van der Waals surface area contributed by atoms with Crippen LogP contribution in [0.2, 0.25) is 18.1 Å². The number of nitrogens with one attached hydrogen (secondary N) is 1. The van der Waals surface area contributed by atoms with E-state index in [1.54, 1.807) is 38.6 Å². The molecule has 0 saturated carbocycles. The molecule has 0 radical (unpaired) electrons. The van der Waals surface area contributed by atoms with Crippen molar-refractivity contribution in [2.45, 2.75) is 97.2 Å². The lowest BCUT2D eigenvalue weighted by molar-refractivity contribution is -0.304. The van der Waals surface area contributed by atoms with Gasteiger partial charge >= 0.3 is 0 Å². The van der Waals surface area contributed by atoms with Crippen molar-refractivity contribution in [1.29, 1.82) is 0 Å². The smallest absolute Gasteiger partial charge is 0.280 e. The lowest BCUT2D eigenvalue weighted by atomic mass is 9.97. The van der Waals surface area contributed by atoms with Crippen LogP contribution in [0.25, 0.3) is 11.2 Å². The van der Waals surface area contributed by atoms with Crippen molar-refractivity contribution < 1.29 is 28.2 Å². The fourth-order valence-corrected chi connectivity index (χ4v) is 6.62. The topological polar surface area (TPSA) is 138 Å². The zero-order valence-corrected chi connectivity index (χ0v) is 28.6. The van der Waals surface area contributed by atoms with Gasteiger partial charge in [0.15, 0.2) is 25.8 Å². The molecule has 0 bridgehead atoms. The van der Waals surface area contributed by atoms with Gasteiger partial charge in [-0.15, -0.1) is 0 Å². The quantitative estimate of drug-likeness (QED) is 0.364. The van der Waals surface area contributed by atoms with E-state index in [0.717, 1.165) is 10.5 Å². The summed E-state index contributed by atoms with van der Waals surface area (Å²) in [4.78, 5) is 52.5. The maximum absolute atomic E-state index is 13.3. The third-order valence-electron chi connectivity index (χ3n) is 8.97. The van der Waals surface area contributed by atoms with Gasteiger partial charge in [-0.3, -0.25) is 19.4 Å². The highest BCUT2D eigenvalue weighted by molar-refractivity contribution is 6.74. The van der Waals surface area contributed by atoms with Crippen LogP contribution in [0.3, 0.4) is 0 Å². The number of benzene rings is 1. The van der Waals surface area contributed by atoms with Crippen LogP contribution >= 0.6 is 0 Å². The third-order valence-corrected chi connectivity index (χ3v) is 13.4. The summed E-state index contributed by atoms with van der Waals surface area (Å²) in [6, 6.07) is 9.24. The summed E-state index contributed by atoms with van der Waals surface area (Å²) in [6.45, 7) is 18.2. The second-order valence-electron chi connectivity index (χ2n) is 14.0. The number of imide groups is 1. The second-order valence-corrected chi connectivity index (χ2v) is 18.7. The van der Waals surface area contributed by atoms with Crippen molar-refractivity contribution in [3.05, 3.63) is 52.6 Å². The van der Waals surface area contributed by atoms with E-state index < -0.39 is 62.1 Å². The van der Waals surface area contributed by atoms with Crippen molar-refractivity contribution in [2.24, 2.45) is 11.8 Å². The first-order valence-corrected chi connectivity index (χ1v) is 18.5. The van der Waals surface area contributed by atoms with Gasteiger partial charge in [-0.1, -0.05) is 78.8 Å². The minimum Gasteiger partial charge on any atom is -0.409 e. The summed E-state index contributed by atoms with van der Waals surface area (Å²) < 4.78 is 27.9. The van der Waals surface area contributed by atoms with Gasteiger partial charge in [0.1, 0.15) is 12.2 Å². The number of H-pyrrole nitrogens is 1. The molecule has 244 valence electrons. The van der Waals surface area contributed by atoms with Crippen LogP contribution in [0.15, 0.2) is 41.5 Å². The molecule has 1 aromatic carbocycles. The molecular weight excluding hydrogens is 594 g/mol. The van der Waals surface area contributed by atoms with Gasteiger partial charge in [0.05, 0.1) is 31.7 Å². The summed E-state index contributed by atoms with van der Waals surface area (Å²) in [5, 5.41) is -0.107. The average molecular weight is 640 g/mol. The number of amides is 2. The molecule has 2 amide bonds. The maximum atomic E-state index is 13.3. The minimum atomic E-state index is -2.38. The Kier molecular flexibility index (Phi) is 9.22. The van der Waals surface area contributed by atoms with Crippen LogP contribution in [0.5, 0.6) is 0 Å². The predicted molar refractivity (Wildman–Crippen MR) is 171 cm³/mol. The van der Waals surface area contributed by atoms with E-state index in [0.29, 0.717) is 6.61 Å². The van der Waals surface area contributed by atoms with Gasteiger partial charge in [-0.05, 0) is 18.1 Å². The number of rotatable bonds is 7. The highest BCUT2D eigenvalue weighted by Crippen LogP contribution is 2.43. The highest BCUT2D eigenvalue weighted by Gasteiger charge is 2.51. The van der Waals surface area contributed by atoms with E-state index in [1.807, 2.05) is 30.3 Å². The number of anilines is 1. The number of aromatic amines is 1. The van der Waals surface area contributed by atoms with E-state index in [4.69, 9.17) is 18.6 Å². The van der Waals surface area contributed by atoms with Gasteiger partial charge in [0, 0.05) is 17.4 Å². The SMILES string of the molecule is CC(C)C(=O)N(C(=O)C(C)C)c1nc2c(ncn2[C@@H]2CO[C@@H]3CO[C@@H](c4ccccc4)O[C@H]3[C@@H]2O[Si](C)(C)C(C)(C)C)c(=O)[nH]1. The van der Waals surface area contributed by atoms with Crippen LogP contribution in [0.1, 0.15) is 66.4 Å². The van der Waals surface area contributed by atoms with Crippen LogP contribution in [0, 0.1) is 11.8 Å². The monoisotopic (exact) mass is 639 g/mol. The number of aromatic nitrogens is 4. The summed E-state index contributed by atoms with van der Waals surface area (Å²) in [6.07, 6.45) is -0.449. The largest absolute Gasteiger partial charge is 0.409 e. The summed E-state index contributed by atoms with van der Waals surface area (Å²) in [7, 11) is -2.38. The first kappa shape index (κ1) is 33.1. The average Bonchev–Trinajstić information content (AvgIpc) is 3.41. The first-order chi connectivity index (χ1) is 21.1. The Bertz CT molecular complexity index is 1580. The number of hydrogen-bond donors (Lipinski definition) is 1. The molecule has 0 aliphatic carbocycles. The molecule has 4 heterocycles. The Balaban J connectivity index is 1.61. The Hall–Kier alpha value is -3.23. The molecule has 1 N–H and O–H groups in total. The molecule has 3 aromatic rings. The first-order valence-electron chi connectivity index (χ1n) is 15.6. The van der Waals surface area contributed by atoms with Gasteiger partial charge in [0.25, 0.3) is 5.56 Å². The number of carbonyl (C=O) groups is 2. The van der Waals surface area contributed by atoms with Crippen molar-refractivity contribution in [1.82, 2.24) is 19.5 Å². The van der Waals surface area contributed by atoms with E-state index in [1.165, 1.54) is 0 Å². The van der Waals surface area contributed by atoms with Crippen molar-refractivity contribution in [2.75, 3.05) is 18.1 Å². The van der Waals surface area contributed by atoms with Crippen molar-refractivity contribution >= 4 is 37.2 Å². The van der Waals surface area contributed by atoms with Crippen molar-refractivity contribution in [3.8, 4) is 0 Å². The van der Waals surface area contributed by atoms with Crippen LogP contribution in [-0.2, 0) is 28.2 Å². The standard InChI is InChI=1S/C32H45N5O7Si/c1-18(2)28(39)37(29(40)19(3)4)31-34-26-23(27(38)35-31)33-17-36(26)21-15-41-22-16-42-30(20-13-11-10-12-14-20)43-25(22)24(21)44-45(8,9)32(5,6)7/h10-14,17-19,21-22,24-25,30H,15-16H2,1-9H3,(H,34,35,38)/t21-,22-,24-,25-,30-/m1/s1. The lowest BCUT2D eigenvalue weighted by Gasteiger charge is -2.50. The minimum absolute atomic E-state index is 0.0796. The Morgan fingerprint density at radius 1 is 1.04 bits per heavy atom. The molecule has 45 heavy (non-hydrogen) atoms. The highest BCUT2D eigenvalue weighted by atomic mass is 28.4. The lowest BCUT2D eigenvalue weighted by Crippen LogP contribution is -2.60. The number of imidazole rings is 1. The molecule has 0 unspecified atom stereocenters. The molecule has 2 saturated heterocycles. The number of ether oxygens (including phenoxy) is 3. The molecule has 5 atom stereocenters. The molecular formula is C32H45N5O7Si. The Morgan fingerprint density at radius 2 is 1.69 bits per heavy atom. The Labute approximate surface area is 264 Å². The number of fused-ring (bicyclic) bond motifs is 2. The van der Waals surface area contributed by atoms with Gasteiger partial charge in [0.2, 0.25) is 17.8 Å². The summed E-state index contributed by atoms with van der Waals surface area (Å²) >= 11 is 0. The van der Waals surface area contributed by atoms with Crippen molar-refractivity contribution in [3.63, 3.8) is 0 Å². The second kappa shape index (κ2) is 12.5. The van der Waals surface area contributed by atoms with E-state index in [-0.39, 0.29) is 34.9 Å². The molecule has 2 aliphatic rings. The Morgan fingerprint density at radius 3 is 2.29 bits per heavy atom. The molecule has 13 heteroatoms. The molecule has 0 spiro atoms. The fraction of sp³-hybridized carbons (Fsp3) is 0.594. The van der Waals surface area contributed by atoms with E-state index >= 15 is 0 Å². The zero-order chi connectivity index (χ0) is 32.8. The number of carbonyl (C=O) groups excluding carboxylic acids is 2. The normalized spacial score (nSPS) is 24.2. The fourth-order valence-electron chi connectivity index (χ4n) is 5.30. The predicted octanol–water partition coefficient (Wildman–Crippen LogP) is 4.74. The molecule has 2 aliphatic heterocycles. The van der Waals surface area contributed by atoms with Crippen LogP contribution < -0.4 is 10.5 Å². The third kappa shape index (κ3) is 6.41.